The molecule has 1 saturated heterocycles. The molecule has 7 heteroatoms. The fourth-order valence-corrected chi connectivity index (χ4v) is 3.89. The third-order valence-corrected chi connectivity index (χ3v) is 5.71. The molecule has 2 amide bonds. The van der Waals surface area contributed by atoms with E-state index >= 15 is 0 Å². The summed E-state index contributed by atoms with van der Waals surface area (Å²) >= 11 is 0. The van der Waals surface area contributed by atoms with E-state index in [0.717, 1.165) is 16.8 Å². The molecule has 0 atom stereocenters. The molecule has 31 heavy (non-hydrogen) atoms. The Hall–Kier alpha value is -3.48. The zero-order chi connectivity index (χ0) is 22.0. The van der Waals surface area contributed by atoms with Crippen molar-refractivity contribution >= 4 is 17.5 Å². The Labute approximate surface area is 181 Å². The summed E-state index contributed by atoms with van der Waals surface area (Å²) in [5.74, 6) is 0.920. The number of hydrogen-bond acceptors (Lipinski definition) is 5. The number of nitrogens with one attached hydrogen (secondary N) is 1. The van der Waals surface area contributed by atoms with Crippen molar-refractivity contribution in [1.82, 2.24) is 15.0 Å². The molecular formula is C24H26N4O3. The molecular weight excluding hydrogens is 392 g/mol. The number of carbonyl (C=O) groups is 2. The molecule has 160 valence electrons. The number of benzene rings is 2. The lowest BCUT2D eigenvalue weighted by Crippen LogP contribution is -2.41. The van der Waals surface area contributed by atoms with E-state index < -0.39 is 0 Å². The molecule has 1 aromatic heterocycles. The highest BCUT2D eigenvalue weighted by Crippen LogP contribution is 2.24. The fraction of sp³-hybridized carbons (Fsp3) is 0.333. The maximum absolute atomic E-state index is 12.9. The highest BCUT2D eigenvalue weighted by molar-refractivity contribution is 5.96. The molecule has 0 radical (unpaired) electrons. The molecule has 0 aliphatic carbocycles. The zero-order valence-corrected chi connectivity index (χ0v) is 18.0. The number of aromatic nitrogens is 2. The number of nitrogens with zero attached hydrogens (tertiary/aromatic N) is 3. The van der Waals surface area contributed by atoms with Gasteiger partial charge in [0.2, 0.25) is 17.6 Å². The average Bonchev–Trinajstić information content (AvgIpc) is 3.21. The van der Waals surface area contributed by atoms with E-state index in [2.05, 4.69) is 21.5 Å². The molecule has 2 aromatic carbocycles. The second kappa shape index (κ2) is 8.71. The van der Waals surface area contributed by atoms with E-state index in [9.17, 15) is 9.59 Å². The molecule has 0 bridgehead atoms. The van der Waals surface area contributed by atoms with Crippen LogP contribution in [0.1, 0.15) is 40.2 Å². The van der Waals surface area contributed by atoms with Crippen molar-refractivity contribution in [2.45, 2.75) is 33.6 Å². The van der Waals surface area contributed by atoms with Crippen LogP contribution in [-0.4, -0.2) is 39.9 Å². The van der Waals surface area contributed by atoms with Gasteiger partial charge in [-0.1, -0.05) is 35.0 Å². The van der Waals surface area contributed by atoms with Crippen LogP contribution in [0, 0.1) is 26.7 Å². The van der Waals surface area contributed by atoms with Gasteiger partial charge in [0.25, 0.3) is 5.91 Å². The van der Waals surface area contributed by atoms with Crippen LogP contribution in [0.5, 0.6) is 0 Å². The summed E-state index contributed by atoms with van der Waals surface area (Å²) < 4.78 is 5.00. The first-order valence-corrected chi connectivity index (χ1v) is 10.5. The van der Waals surface area contributed by atoms with Crippen molar-refractivity contribution in [3.63, 3.8) is 0 Å². The third kappa shape index (κ3) is 4.66. The predicted molar refractivity (Wildman–Crippen MR) is 118 cm³/mol. The van der Waals surface area contributed by atoms with Crippen LogP contribution in [-0.2, 0) is 4.79 Å². The molecule has 4 rings (SSSR count). The van der Waals surface area contributed by atoms with Crippen molar-refractivity contribution in [2.75, 3.05) is 18.4 Å². The number of anilines is 1. The molecule has 1 N–H and O–H groups in total. The van der Waals surface area contributed by atoms with Gasteiger partial charge in [0.05, 0.1) is 0 Å². The van der Waals surface area contributed by atoms with Crippen LogP contribution in [0.4, 0.5) is 5.69 Å². The van der Waals surface area contributed by atoms with E-state index in [0.29, 0.717) is 43.2 Å². The highest BCUT2D eigenvalue weighted by Gasteiger charge is 2.28. The molecule has 0 saturated carbocycles. The second-order valence-electron chi connectivity index (χ2n) is 8.09. The van der Waals surface area contributed by atoms with Gasteiger partial charge in [-0.15, -0.1) is 0 Å². The van der Waals surface area contributed by atoms with Gasteiger partial charge in [-0.05, 0) is 50.5 Å². The minimum Gasteiger partial charge on any atom is -0.339 e. The Kier molecular flexibility index (Phi) is 5.84. The number of piperidine rings is 1. The van der Waals surface area contributed by atoms with Crippen LogP contribution < -0.4 is 5.32 Å². The quantitative estimate of drug-likeness (QED) is 0.688. The SMILES string of the molecule is Cc1ccc(NC(=O)C2CCN(C(=O)c3ccc(-c4noc(C)n4)cc3)CC2)c(C)c1. The van der Waals surface area contributed by atoms with Crippen molar-refractivity contribution in [1.29, 1.82) is 0 Å². The van der Waals surface area contributed by atoms with Crippen LogP contribution in [0.3, 0.4) is 0 Å². The number of aryl methyl sites for hydroxylation is 3. The number of rotatable bonds is 4. The largest absolute Gasteiger partial charge is 0.339 e. The summed E-state index contributed by atoms with van der Waals surface area (Å²) in [6.45, 7) is 6.89. The summed E-state index contributed by atoms with van der Waals surface area (Å²) in [5.41, 5.74) is 4.49. The van der Waals surface area contributed by atoms with Gasteiger partial charge in [0.1, 0.15) is 0 Å². The number of carbonyl (C=O) groups excluding carboxylic acids is 2. The fourth-order valence-electron chi connectivity index (χ4n) is 3.89. The summed E-state index contributed by atoms with van der Waals surface area (Å²) in [4.78, 5) is 31.6. The van der Waals surface area contributed by atoms with Crippen molar-refractivity contribution < 1.29 is 14.1 Å². The van der Waals surface area contributed by atoms with Gasteiger partial charge in [0, 0.05) is 42.7 Å². The molecule has 0 unspecified atom stereocenters. The van der Waals surface area contributed by atoms with Crippen molar-refractivity contribution in [3.05, 3.63) is 65.0 Å². The van der Waals surface area contributed by atoms with Gasteiger partial charge in [0.15, 0.2) is 0 Å². The van der Waals surface area contributed by atoms with Crippen molar-refractivity contribution in [2.24, 2.45) is 5.92 Å². The van der Waals surface area contributed by atoms with E-state index in [-0.39, 0.29) is 17.7 Å². The molecule has 1 aliphatic heterocycles. The molecule has 1 aliphatic rings. The number of likely N-dealkylation sites (tertiary alicyclic amines) is 1. The van der Waals surface area contributed by atoms with Crippen LogP contribution in [0.2, 0.25) is 0 Å². The third-order valence-electron chi connectivity index (χ3n) is 5.71. The lowest BCUT2D eigenvalue weighted by Gasteiger charge is -2.31. The van der Waals surface area contributed by atoms with E-state index in [1.807, 2.05) is 43.0 Å². The Morgan fingerprint density at radius 1 is 1.03 bits per heavy atom. The summed E-state index contributed by atoms with van der Waals surface area (Å²) in [5, 5.41) is 6.94. The topological polar surface area (TPSA) is 88.3 Å². The monoisotopic (exact) mass is 418 g/mol. The average molecular weight is 418 g/mol. The molecule has 1 fully saturated rings. The van der Waals surface area contributed by atoms with E-state index in [1.165, 1.54) is 5.56 Å². The first-order valence-electron chi connectivity index (χ1n) is 10.5. The number of amides is 2. The Morgan fingerprint density at radius 3 is 2.35 bits per heavy atom. The molecule has 3 aromatic rings. The lowest BCUT2D eigenvalue weighted by atomic mass is 9.95. The summed E-state index contributed by atoms with van der Waals surface area (Å²) in [6, 6.07) is 13.2. The van der Waals surface area contributed by atoms with Crippen LogP contribution in [0.25, 0.3) is 11.4 Å². The first-order chi connectivity index (χ1) is 14.9. The standard InChI is InChI=1S/C24H26N4O3/c1-15-4-9-21(16(2)14-15)26-23(29)19-10-12-28(13-11-19)24(30)20-7-5-18(6-8-20)22-25-17(3)31-27-22/h4-9,14,19H,10-13H2,1-3H3,(H,26,29). The Bertz CT molecular complexity index is 1100. The first kappa shape index (κ1) is 20.8. The normalized spacial score (nSPS) is 14.5. The number of hydrogen-bond donors (Lipinski definition) is 1. The maximum atomic E-state index is 12.9. The van der Waals surface area contributed by atoms with Crippen LogP contribution in [0.15, 0.2) is 47.0 Å². The second-order valence-corrected chi connectivity index (χ2v) is 8.09. The van der Waals surface area contributed by atoms with Gasteiger partial charge < -0.3 is 14.7 Å². The Balaban J connectivity index is 1.33. The lowest BCUT2D eigenvalue weighted by molar-refractivity contribution is -0.121. The van der Waals surface area contributed by atoms with Gasteiger partial charge >= 0.3 is 0 Å². The zero-order valence-electron chi connectivity index (χ0n) is 18.0. The summed E-state index contributed by atoms with van der Waals surface area (Å²) in [6.07, 6.45) is 1.31. The molecule has 7 nitrogen and oxygen atoms in total. The highest BCUT2D eigenvalue weighted by atomic mass is 16.5. The van der Waals surface area contributed by atoms with Crippen molar-refractivity contribution in [3.8, 4) is 11.4 Å². The summed E-state index contributed by atoms with van der Waals surface area (Å²) in [7, 11) is 0. The minimum atomic E-state index is -0.0893. The smallest absolute Gasteiger partial charge is 0.253 e. The van der Waals surface area contributed by atoms with Gasteiger partial charge in [-0.2, -0.15) is 4.98 Å². The van der Waals surface area contributed by atoms with E-state index in [4.69, 9.17) is 4.52 Å². The Morgan fingerprint density at radius 2 is 1.74 bits per heavy atom. The minimum absolute atomic E-state index is 0.0240. The van der Waals surface area contributed by atoms with Gasteiger partial charge in [-0.25, -0.2) is 0 Å². The van der Waals surface area contributed by atoms with Crippen LogP contribution >= 0.6 is 0 Å². The maximum Gasteiger partial charge on any atom is 0.253 e. The van der Waals surface area contributed by atoms with Gasteiger partial charge in [-0.3, -0.25) is 9.59 Å². The molecule has 0 spiro atoms. The predicted octanol–water partition coefficient (Wildman–Crippen LogP) is 4.15. The van der Waals surface area contributed by atoms with E-state index in [1.54, 1.807) is 19.1 Å². The molecule has 2 heterocycles.